The minimum absolute atomic E-state index is 0.0366. The number of carbonyl (C=O) groups is 2. The molecule has 1 heterocycles. The first-order chi connectivity index (χ1) is 11.1. The van der Waals surface area contributed by atoms with Gasteiger partial charge in [-0.1, -0.05) is 12.1 Å². The number of likely N-dealkylation sites (N-methyl/N-ethyl adjacent to an activating group) is 1. The van der Waals surface area contributed by atoms with E-state index in [0.29, 0.717) is 17.2 Å². The summed E-state index contributed by atoms with van der Waals surface area (Å²) in [6.45, 7) is 1.65. The highest BCUT2D eigenvalue weighted by Crippen LogP contribution is 2.32. The van der Waals surface area contributed by atoms with Gasteiger partial charge in [-0.3, -0.25) is 14.5 Å². The van der Waals surface area contributed by atoms with Crippen LogP contribution in [0, 0.1) is 0 Å². The first kappa shape index (κ1) is 16.1. The minimum atomic E-state index is -0.123. The summed E-state index contributed by atoms with van der Waals surface area (Å²) in [6, 6.07) is 7.68. The van der Waals surface area contributed by atoms with Gasteiger partial charge in [-0.15, -0.1) is 0 Å². The van der Waals surface area contributed by atoms with Crippen LogP contribution in [0.1, 0.15) is 46.4 Å². The van der Waals surface area contributed by atoms with Crippen molar-refractivity contribution in [2.45, 2.75) is 37.8 Å². The molecule has 23 heavy (non-hydrogen) atoms. The van der Waals surface area contributed by atoms with Crippen molar-refractivity contribution in [3.8, 4) is 0 Å². The number of amides is 2. The van der Waals surface area contributed by atoms with E-state index < -0.39 is 0 Å². The standard InChI is InChI=1S/C18H24N2O3/c1-19(11-12-23-2)13-7-9-14(10-8-13)20-17(21)15-5-3-4-6-16(15)18(20)22/h3-6,13-14H,7-12H2,1-2H3/t13-,14-. The number of carbonyl (C=O) groups excluding carboxylic acids is 2. The van der Waals surface area contributed by atoms with Gasteiger partial charge in [0, 0.05) is 25.7 Å². The van der Waals surface area contributed by atoms with Gasteiger partial charge in [0.2, 0.25) is 0 Å². The molecule has 1 aliphatic carbocycles. The zero-order valence-electron chi connectivity index (χ0n) is 13.8. The van der Waals surface area contributed by atoms with E-state index in [2.05, 4.69) is 11.9 Å². The van der Waals surface area contributed by atoms with Gasteiger partial charge >= 0.3 is 0 Å². The molecular formula is C18H24N2O3. The number of nitrogens with zero attached hydrogens (tertiary/aromatic N) is 2. The summed E-state index contributed by atoms with van der Waals surface area (Å²) in [5.41, 5.74) is 1.11. The van der Waals surface area contributed by atoms with Crippen LogP contribution < -0.4 is 0 Å². The Kier molecular flexibility index (Phi) is 4.78. The van der Waals surface area contributed by atoms with Crippen LogP contribution in [0.25, 0.3) is 0 Å². The zero-order chi connectivity index (χ0) is 16.4. The molecule has 1 fully saturated rings. The summed E-state index contributed by atoms with van der Waals surface area (Å²) in [4.78, 5) is 28.9. The van der Waals surface area contributed by atoms with E-state index in [9.17, 15) is 9.59 Å². The van der Waals surface area contributed by atoms with Crippen LogP contribution in [0.3, 0.4) is 0 Å². The summed E-state index contributed by atoms with van der Waals surface area (Å²) in [7, 11) is 3.83. The lowest BCUT2D eigenvalue weighted by Gasteiger charge is -2.37. The van der Waals surface area contributed by atoms with Crippen LogP contribution in [-0.4, -0.2) is 61.0 Å². The molecule has 0 bridgehead atoms. The Bertz CT molecular complexity index is 559. The van der Waals surface area contributed by atoms with Crippen molar-refractivity contribution >= 4 is 11.8 Å². The smallest absolute Gasteiger partial charge is 0.261 e. The molecule has 0 unspecified atom stereocenters. The number of benzene rings is 1. The van der Waals surface area contributed by atoms with Crippen LogP contribution in [-0.2, 0) is 4.74 Å². The van der Waals surface area contributed by atoms with Crippen LogP contribution in [0.2, 0.25) is 0 Å². The maximum Gasteiger partial charge on any atom is 0.261 e. The van der Waals surface area contributed by atoms with Crippen molar-refractivity contribution in [2.75, 3.05) is 27.3 Å². The largest absolute Gasteiger partial charge is 0.383 e. The van der Waals surface area contributed by atoms with E-state index in [1.165, 1.54) is 4.90 Å². The Morgan fingerprint density at radius 1 is 1.09 bits per heavy atom. The molecule has 0 radical (unpaired) electrons. The zero-order valence-corrected chi connectivity index (χ0v) is 13.8. The monoisotopic (exact) mass is 316 g/mol. The highest BCUT2D eigenvalue weighted by Gasteiger charge is 2.41. The summed E-state index contributed by atoms with van der Waals surface area (Å²) < 4.78 is 5.13. The third-order valence-electron chi connectivity index (χ3n) is 5.13. The van der Waals surface area contributed by atoms with Crippen molar-refractivity contribution in [1.82, 2.24) is 9.80 Å². The SMILES string of the molecule is COCCN(C)[C@H]1CC[C@H](N2C(=O)c3ccccc3C2=O)CC1. The van der Waals surface area contributed by atoms with Crippen LogP contribution in [0.4, 0.5) is 0 Å². The Balaban J connectivity index is 1.63. The van der Waals surface area contributed by atoms with Gasteiger partial charge in [0.1, 0.15) is 0 Å². The van der Waals surface area contributed by atoms with Gasteiger partial charge in [-0.2, -0.15) is 0 Å². The fraction of sp³-hybridized carbons (Fsp3) is 0.556. The highest BCUT2D eigenvalue weighted by atomic mass is 16.5. The number of fused-ring (bicyclic) bond motifs is 1. The molecule has 1 aromatic carbocycles. The predicted molar refractivity (Wildman–Crippen MR) is 87.5 cm³/mol. The molecule has 124 valence electrons. The van der Waals surface area contributed by atoms with Crippen molar-refractivity contribution in [2.24, 2.45) is 0 Å². The Morgan fingerprint density at radius 3 is 2.17 bits per heavy atom. The van der Waals surface area contributed by atoms with Crippen molar-refractivity contribution in [1.29, 1.82) is 0 Å². The number of hydrogen-bond donors (Lipinski definition) is 0. The van der Waals surface area contributed by atoms with E-state index >= 15 is 0 Å². The van der Waals surface area contributed by atoms with E-state index in [-0.39, 0.29) is 17.9 Å². The fourth-order valence-electron chi connectivity index (χ4n) is 3.71. The average molecular weight is 316 g/mol. The molecule has 0 aromatic heterocycles. The second-order valence-electron chi connectivity index (χ2n) is 6.46. The minimum Gasteiger partial charge on any atom is -0.383 e. The Labute approximate surface area is 137 Å². The molecule has 2 amide bonds. The predicted octanol–water partition coefficient (Wildman–Crippen LogP) is 2.17. The molecule has 0 saturated heterocycles. The Hall–Kier alpha value is -1.72. The van der Waals surface area contributed by atoms with E-state index in [4.69, 9.17) is 4.74 Å². The lowest BCUT2D eigenvalue weighted by Crippen LogP contribution is -2.45. The number of rotatable bonds is 5. The topological polar surface area (TPSA) is 49.9 Å². The first-order valence-corrected chi connectivity index (χ1v) is 8.29. The molecule has 1 saturated carbocycles. The van der Waals surface area contributed by atoms with Gasteiger partial charge in [-0.05, 0) is 44.9 Å². The van der Waals surface area contributed by atoms with Crippen molar-refractivity contribution < 1.29 is 14.3 Å². The lowest BCUT2D eigenvalue weighted by atomic mass is 9.89. The van der Waals surface area contributed by atoms with Crippen molar-refractivity contribution in [3.05, 3.63) is 35.4 Å². The fourth-order valence-corrected chi connectivity index (χ4v) is 3.71. The van der Waals surface area contributed by atoms with E-state index in [0.717, 1.165) is 38.8 Å². The maximum absolute atomic E-state index is 12.5. The Morgan fingerprint density at radius 2 is 1.65 bits per heavy atom. The molecule has 0 atom stereocenters. The molecule has 5 nitrogen and oxygen atoms in total. The maximum atomic E-state index is 12.5. The second kappa shape index (κ2) is 6.81. The molecule has 3 rings (SSSR count). The van der Waals surface area contributed by atoms with E-state index in [1.807, 2.05) is 12.1 Å². The molecular weight excluding hydrogens is 292 g/mol. The average Bonchev–Trinajstić information content (AvgIpc) is 2.84. The van der Waals surface area contributed by atoms with Crippen LogP contribution in [0.15, 0.2) is 24.3 Å². The number of ether oxygens (including phenoxy) is 1. The number of hydrogen-bond acceptors (Lipinski definition) is 4. The molecule has 0 N–H and O–H groups in total. The quantitative estimate of drug-likeness (QED) is 0.781. The molecule has 0 spiro atoms. The van der Waals surface area contributed by atoms with Crippen LogP contribution >= 0.6 is 0 Å². The molecule has 1 aromatic rings. The van der Waals surface area contributed by atoms with Gasteiger partial charge in [-0.25, -0.2) is 0 Å². The third-order valence-corrected chi connectivity index (χ3v) is 5.13. The van der Waals surface area contributed by atoms with Crippen molar-refractivity contribution in [3.63, 3.8) is 0 Å². The first-order valence-electron chi connectivity index (χ1n) is 8.29. The highest BCUT2D eigenvalue weighted by molar-refractivity contribution is 6.21. The number of methoxy groups -OCH3 is 1. The van der Waals surface area contributed by atoms with Gasteiger partial charge < -0.3 is 9.64 Å². The molecule has 1 aliphatic heterocycles. The van der Waals surface area contributed by atoms with E-state index in [1.54, 1.807) is 19.2 Å². The van der Waals surface area contributed by atoms with Gasteiger partial charge in [0.25, 0.3) is 11.8 Å². The second-order valence-corrected chi connectivity index (χ2v) is 6.46. The molecule has 2 aliphatic rings. The molecule has 5 heteroatoms. The third kappa shape index (κ3) is 3.03. The summed E-state index contributed by atoms with van der Waals surface area (Å²) >= 11 is 0. The van der Waals surface area contributed by atoms with Gasteiger partial charge in [0.15, 0.2) is 0 Å². The summed E-state index contributed by atoms with van der Waals surface area (Å²) in [5.74, 6) is -0.247. The number of imide groups is 1. The lowest BCUT2D eigenvalue weighted by molar-refractivity contribution is 0.0495. The normalized spacial score (nSPS) is 24.4. The van der Waals surface area contributed by atoms with Crippen LogP contribution in [0.5, 0.6) is 0 Å². The summed E-state index contributed by atoms with van der Waals surface area (Å²) in [6.07, 6.45) is 3.79. The van der Waals surface area contributed by atoms with Gasteiger partial charge in [0.05, 0.1) is 17.7 Å². The summed E-state index contributed by atoms with van der Waals surface area (Å²) in [5, 5.41) is 0.